The van der Waals surface area contributed by atoms with Crippen LogP contribution in [-0.4, -0.2) is 53.0 Å². The van der Waals surface area contributed by atoms with Crippen molar-refractivity contribution in [3.63, 3.8) is 0 Å². The fourth-order valence-corrected chi connectivity index (χ4v) is 4.30. The molecule has 0 aliphatic carbocycles. The van der Waals surface area contributed by atoms with Crippen LogP contribution in [0.4, 0.5) is 0 Å². The van der Waals surface area contributed by atoms with Crippen molar-refractivity contribution in [3.8, 4) is 0 Å². The lowest BCUT2D eigenvalue weighted by Gasteiger charge is -2.36. The van der Waals surface area contributed by atoms with E-state index in [1.165, 1.54) is 4.90 Å². The number of hydrogen-bond acceptors (Lipinski definition) is 3. The number of likely N-dealkylation sites (tertiary alicyclic amines) is 2. The summed E-state index contributed by atoms with van der Waals surface area (Å²) in [6.07, 6.45) is 4.64. The van der Waals surface area contributed by atoms with Gasteiger partial charge in [0.1, 0.15) is 0 Å². The Kier molecular flexibility index (Phi) is 5.82. The fraction of sp³-hybridized carbons (Fsp3) is 0.579. The van der Waals surface area contributed by atoms with Gasteiger partial charge in [-0.1, -0.05) is 6.92 Å². The molecule has 2 aliphatic rings. The predicted octanol–water partition coefficient (Wildman–Crippen LogP) is 3.42. The van der Waals surface area contributed by atoms with Gasteiger partial charge in [0.25, 0.3) is 5.91 Å². The zero-order valence-corrected chi connectivity index (χ0v) is 15.2. The number of thioether (sulfide) groups is 1. The minimum atomic E-state index is 0.119. The summed E-state index contributed by atoms with van der Waals surface area (Å²) >= 11 is 1.83. The van der Waals surface area contributed by atoms with E-state index in [0.29, 0.717) is 18.4 Å². The average molecular weight is 346 g/mol. The normalized spacial score (nSPS) is 19.1. The summed E-state index contributed by atoms with van der Waals surface area (Å²) in [5, 5.41) is 0. The van der Waals surface area contributed by atoms with Gasteiger partial charge in [-0.05, 0) is 55.7 Å². The smallest absolute Gasteiger partial charge is 0.253 e. The van der Waals surface area contributed by atoms with Gasteiger partial charge in [0.2, 0.25) is 5.91 Å². The first-order chi connectivity index (χ1) is 11.7. The maximum absolute atomic E-state index is 12.7. The van der Waals surface area contributed by atoms with Crippen molar-refractivity contribution in [3.05, 3.63) is 29.8 Å². The molecule has 0 radical (unpaired) electrons. The first kappa shape index (κ1) is 17.3. The van der Waals surface area contributed by atoms with Gasteiger partial charge in [-0.15, -0.1) is 11.8 Å². The van der Waals surface area contributed by atoms with Crippen molar-refractivity contribution in [1.82, 2.24) is 9.80 Å². The molecule has 2 saturated heterocycles. The van der Waals surface area contributed by atoms with E-state index in [0.717, 1.165) is 56.6 Å². The number of piperidine rings is 1. The highest BCUT2D eigenvalue weighted by molar-refractivity contribution is 7.99. The lowest BCUT2D eigenvalue weighted by Crippen LogP contribution is -2.47. The summed E-state index contributed by atoms with van der Waals surface area (Å²) in [6.45, 7) is 4.57. The second-order valence-corrected chi connectivity index (χ2v) is 7.76. The Balaban J connectivity index is 1.54. The third-order valence-electron chi connectivity index (χ3n) is 4.88. The minimum Gasteiger partial charge on any atom is -0.340 e. The summed E-state index contributed by atoms with van der Waals surface area (Å²) in [7, 11) is 0. The molecule has 24 heavy (non-hydrogen) atoms. The minimum absolute atomic E-state index is 0.119. The number of hydrogen-bond donors (Lipinski definition) is 0. The second-order valence-electron chi connectivity index (χ2n) is 6.59. The molecule has 0 unspecified atom stereocenters. The highest BCUT2D eigenvalue weighted by Crippen LogP contribution is 2.24. The quantitative estimate of drug-likeness (QED) is 0.767. The lowest BCUT2D eigenvalue weighted by atomic mass is 10.0. The van der Waals surface area contributed by atoms with Gasteiger partial charge in [-0.3, -0.25) is 9.59 Å². The van der Waals surface area contributed by atoms with Crippen LogP contribution in [0, 0.1) is 0 Å². The molecule has 2 fully saturated rings. The zero-order valence-electron chi connectivity index (χ0n) is 14.4. The Morgan fingerprint density at radius 1 is 1.17 bits per heavy atom. The van der Waals surface area contributed by atoms with Crippen molar-refractivity contribution in [2.24, 2.45) is 0 Å². The zero-order chi connectivity index (χ0) is 16.9. The monoisotopic (exact) mass is 346 g/mol. The fourth-order valence-electron chi connectivity index (χ4n) is 3.53. The number of carbonyl (C=O) groups excluding carboxylic acids is 2. The molecule has 1 aromatic carbocycles. The number of amides is 2. The highest BCUT2D eigenvalue weighted by Gasteiger charge is 2.32. The van der Waals surface area contributed by atoms with Crippen molar-refractivity contribution >= 4 is 23.6 Å². The summed E-state index contributed by atoms with van der Waals surface area (Å²) in [5.74, 6) is 1.52. The maximum atomic E-state index is 12.7. The second kappa shape index (κ2) is 8.06. The molecule has 2 amide bonds. The summed E-state index contributed by atoms with van der Waals surface area (Å²) in [6, 6.07) is 8.30. The molecule has 130 valence electrons. The van der Waals surface area contributed by atoms with Crippen LogP contribution < -0.4 is 0 Å². The molecule has 4 nitrogen and oxygen atoms in total. The third kappa shape index (κ3) is 3.94. The van der Waals surface area contributed by atoms with Gasteiger partial charge >= 0.3 is 0 Å². The number of nitrogens with zero attached hydrogens (tertiary/aromatic N) is 2. The molecule has 0 N–H and O–H groups in total. The van der Waals surface area contributed by atoms with Gasteiger partial charge in [-0.25, -0.2) is 0 Å². The van der Waals surface area contributed by atoms with Gasteiger partial charge in [0.05, 0.1) is 0 Å². The van der Waals surface area contributed by atoms with E-state index in [4.69, 9.17) is 0 Å². The van der Waals surface area contributed by atoms with E-state index < -0.39 is 0 Å². The van der Waals surface area contributed by atoms with E-state index in [1.54, 1.807) is 0 Å². The molecule has 0 saturated carbocycles. The van der Waals surface area contributed by atoms with Crippen LogP contribution in [0.2, 0.25) is 0 Å². The Hall–Kier alpha value is -1.49. The van der Waals surface area contributed by atoms with Crippen LogP contribution in [0.5, 0.6) is 0 Å². The van der Waals surface area contributed by atoms with Gasteiger partial charge in [0.15, 0.2) is 0 Å². The van der Waals surface area contributed by atoms with Crippen LogP contribution in [0.1, 0.15) is 49.4 Å². The molecule has 1 aromatic rings. The molecule has 0 atom stereocenters. The van der Waals surface area contributed by atoms with Crippen LogP contribution in [0.25, 0.3) is 0 Å². The third-order valence-corrected chi connectivity index (χ3v) is 6.09. The van der Waals surface area contributed by atoms with Crippen LogP contribution in [0.15, 0.2) is 29.2 Å². The lowest BCUT2D eigenvalue weighted by molar-refractivity contribution is -0.130. The number of benzene rings is 1. The van der Waals surface area contributed by atoms with E-state index in [9.17, 15) is 9.59 Å². The Morgan fingerprint density at radius 3 is 2.46 bits per heavy atom. The average Bonchev–Trinajstić information content (AvgIpc) is 3.06. The van der Waals surface area contributed by atoms with Crippen molar-refractivity contribution < 1.29 is 9.59 Å². The van der Waals surface area contributed by atoms with E-state index in [2.05, 4.69) is 6.92 Å². The first-order valence-electron chi connectivity index (χ1n) is 9.00. The van der Waals surface area contributed by atoms with Crippen LogP contribution in [-0.2, 0) is 4.79 Å². The Labute approximate surface area is 148 Å². The summed E-state index contributed by atoms with van der Waals surface area (Å²) in [5.41, 5.74) is 0.770. The number of carbonyl (C=O) groups is 2. The molecule has 0 aromatic heterocycles. The molecule has 5 heteroatoms. The van der Waals surface area contributed by atoms with Crippen molar-refractivity contribution in [1.29, 1.82) is 0 Å². The Morgan fingerprint density at radius 2 is 1.88 bits per heavy atom. The molecule has 2 heterocycles. The predicted molar refractivity (Wildman–Crippen MR) is 97.3 cm³/mol. The molecule has 0 bridgehead atoms. The SMILES string of the molecule is CCCSc1ccc(C(=O)N2CCC(N3CCCC3=O)CC2)cc1. The summed E-state index contributed by atoms with van der Waals surface area (Å²) in [4.78, 5) is 29.7. The van der Waals surface area contributed by atoms with Crippen molar-refractivity contribution in [2.45, 2.75) is 50.0 Å². The van der Waals surface area contributed by atoms with Gasteiger partial charge < -0.3 is 9.80 Å². The standard InChI is InChI=1S/C19H26N2O2S/c1-2-14-24-17-7-5-15(6-8-17)19(23)20-12-9-16(10-13-20)21-11-3-4-18(21)22/h5-8,16H,2-4,9-14H2,1H3. The van der Waals surface area contributed by atoms with E-state index in [-0.39, 0.29) is 5.91 Å². The molecule has 0 spiro atoms. The van der Waals surface area contributed by atoms with Gasteiger partial charge in [-0.2, -0.15) is 0 Å². The first-order valence-corrected chi connectivity index (χ1v) is 9.99. The van der Waals surface area contributed by atoms with Gasteiger partial charge in [0, 0.05) is 42.6 Å². The molecule has 3 rings (SSSR count). The Bertz CT molecular complexity index is 580. The highest BCUT2D eigenvalue weighted by atomic mass is 32.2. The molecular weight excluding hydrogens is 320 g/mol. The van der Waals surface area contributed by atoms with E-state index >= 15 is 0 Å². The summed E-state index contributed by atoms with van der Waals surface area (Å²) < 4.78 is 0. The van der Waals surface area contributed by atoms with E-state index in [1.807, 2.05) is 45.8 Å². The maximum Gasteiger partial charge on any atom is 0.253 e. The molecular formula is C19H26N2O2S. The van der Waals surface area contributed by atoms with Crippen LogP contribution >= 0.6 is 11.8 Å². The van der Waals surface area contributed by atoms with Crippen molar-refractivity contribution in [2.75, 3.05) is 25.4 Å². The topological polar surface area (TPSA) is 40.6 Å². The molecule has 2 aliphatic heterocycles. The van der Waals surface area contributed by atoms with Crippen LogP contribution in [0.3, 0.4) is 0 Å². The largest absolute Gasteiger partial charge is 0.340 e. The number of rotatable bonds is 5.